The van der Waals surface area contributed by atoms with Gasteiger partial charge in [0.15, 0.2) is 0 Å². The molecule has 2 fully saturated rings. The first-order valence-corrected chi connectivity index (χ1v) is 5.99. The summed E-state index contributed by atoms with van der Waals surface area (Å²) in [5, 5.41) is 9.00. The summed E-state index contributed by atoms with van der Waals surface area (Å²) in [5.74, 6) is 0.687. The molecule has 0 N–H and O–H groups in total. The van der Waals surface area contributed by atoms with Crippen LogP contribution in [0, 0.1) is 23.2 Å². The fourth-order valence-electron chi connectivity index (χ4n) is 2.42. The number of nitrogens with zero attached hydrogens (tertiary/aromatic N) is 1. The average molecular weight is 209 g/mol. The summed E-state index contributed by atoms with van der Waals surface area (Å²) >= 11 is 0. The molecule has 0 aromatic heterocycles. The van der Waals surface area contributed by atoms with E-state index in [1.807, 2.05) is 0 Å². The van der Waals surface area contributed by atoms with Crippen LogP contribution in [0.15, 0.2) is 0 Å². The van der Waals surface area contributed by atoms with Crippen LogP contribution in [0.3, 0.4) is 0 Å². The highest BCUT2D eigenvalue weighted by Crippen LogP contribution is 2.27. The number of ether oxygens (including phenoxy) is 2. The summed E-state index contributed by atoms with van der Waals surface area (Å²) < 4.78 is 11.2. The van der Waals surface area contributed by atoms with Crippen molar-refractivity contribution < 1.29 is 9.47 Å². The lowest BCUT2D eigenvalue weighted by Crippen LogP contribution is -2.28. The molecular weight excluding hydrogens is 190 g/mol. The fraction of sp³-hybridized carbons (Fsp3) is 0.917. The molecule has 15 heavy (non-hydrogen) atoms. The van der Waals surface area contributed by atoms with Gasteiger partial charge in [0.05, 0.1) is 31.3 Å². The van der Waals surface area contributed by atoms with E-state index >= 15 is 0 Å². The molecule has 0 radical (unpaired) electrons. The highest BCUT2D eigenvalue weighted by atomic mass is 16.5. The van der Waals surface area contributed by atoms with Gasteiger partial charge in [-0.3, -0.25) is 0 Å². The van der Waals surface area contributed by atoms with E-state index in [9.17, 15) is 0 Å². The predicted molar refractivity (Wildman–Crippen MR) is 56.2 cm³/mol. The Bertz CT molecular complexity index is 230. The smallest absolute Gasteiger partial charge is 0.0733 e. The van der Waals surface area contributed by atoms with Crippen LogP contribution >= 0.6 is 0 Å². The third kappa shape index (κ3) is 2.93. The van der Waals surface area contributed by atoms with Crippen LogP contribution in [0.2, 0.25) is 0 Å². The first-order valence-electron chi connectivity index (χ1n) is 5.99. The monoisotopic (exact) mass is 209 g/mol. The lowest BCUT2D eigenvalue weighted by molar-refractivity contribution is -0.0132. The number of hydrogen-bond donors (Lipinski definition) is 0. The molecule has 0 aromatic rings. The Kier molecular flexibility index (Phi) is 3.99. The van der Waals surface area contributed by atoms with Crippen molar-refractivity contribution in [3.8, 4) is 6.07 Å². The van der Waals surface area contributed by atoms with Crippen LogP contribution in [0.1, 0.15) is 32.1 Å². The number of hydrogen-bond acceptors (Lipinski definition) is 3. The molecule has 2 rings (SSSR count). The van der Waals surface area contributed by atoms with Crippen molar-refractivity contribution in [1.82, 2.24) is 0 Å². The fourth-order valence-corrected chi connectivity index (χ4v) is 2.42. The lowest BCUT2D eigenvalue weighted by atomic mass is 9.87. The first kappa shape index (κ1) is 10.9. The van der Waals surface area contributed by atoms with Crippen molar-refractivity contribution in [2.45, 2.75) is 38.2 Å². The van der Waals surface area contributed by atoms with Crippen molar-refractivity contribution in [3.05, 3.63) is 0 Å². The van der Waals surface area contributed by atoms with Crippen molar-refractivity contribution in [3.63, 3.8) is 0 Å². The Labute approximate surface area is 91.4 Å². The summed E-state index contributed by atoms with van der Waals surface area (Å²) in [6.45, 7) is 2.49. The number of rotatable bonds is 3. The topological polar surface area (TPSA) is 42.2 Å². The Morgan fingerprint density at radius 3 is 2.87 bits per heavy atom. The van der Waals surface area contributed by atoms with E-state index in [0.717, 1.165) is 39.1 Å². The van der Waals surface area contributed by atoms with Crippen LogP contribution in [0.25, 0.3) is 0 Å². The molecule has 84 valence electrons. The quantitative estimate of drug-likeness (QED) is 0.715. The molecule has 0 spiro atoms. The predicted octanol–water partition coefficient (Wildman–Crippen LogP) is 2.12. The van der Waals surface area contributed by atoms with Crippen molar-refractivity contribution >= 4 is 0 Å². The molecule has 1 aliphatic heterocycles. The van der Waals surface area contributed by atoms with Crippen molar-refractivity contribution in [2.75, 3.05) is 19.8 Å². The molecule has 1 saturated heterocycles. The SMILES string of the molecule is N#CC1CCCCC1OCC1CCOC1. The van der Waals surface area contributed by atoms with E-state index in [1.165, 1.54) is 12.8 Å². The van der Waals surface area contributed by atoms with Gasteiger partial charge in [-0.15, -0.1) is 0 Å². The minimum absolute atomic E-state index is 0.126. The second-order valence-corrected chi connectivity index (χ2v) is 4.62. The van der Waals surface area contributed by atoms with Gasteiger partial charge in [0, 0.05) is 12.5 Å². The normalized spacial score (nSPS) is 36.3. The van der Waals surface area contributed by atoms with E-state index in [-0.39, 0.29) is 12.0 Å². The minimum Gasteiger partial charge on any atom is -0.381 e. The van der Waals surface area contributed by atoms with E-state index in [4.69, 9.17) is 14.7 Å². The maximum absolute atomic E-state index is 9.00. The molecule has 3 heteroatoms. The van der Waals surface area contributed by atoms with E-state index in [1.54, 1.807) is 0 Å². The highest BCUT2D eigenvalue weighted by Gasteiger charge is 2.27. The van der Waals surface area contributed by atoms with Gasteiger partial charge in [0.25, 0.3) is 0 Å². The van der Waals surface area contributed by atoms with Crippen LogP contribution in [0.4, 0.5) is 0 Å². The Morgan fingerprint density at radius 2 is 2.13 bits per heavy atom. The van der Waals surface area contributed by atoms with E-state index in [0.29, 0.717) is 5.92 Å². The third-order valence-electron chi connectivity index (χ3n) is 3.44. The van der Waals surface area contributed by atoms with Crippen LogP contribution in [-0.2, 0) is 9.47 Å². The van der Waals surface area contributed by atoms with Gasteiger partial charge in [-0.05, 0) is 19.3 Å². The van der Waals surface area contributed by atoms with Crippen molar-refractivity contribution in [2.24, 2.45) is 11.8 Å². The zero-order valence-electron chi connectivity index (χ0n) is 9.15. The zero-order chi connectivity index (χ0) is 10.5. The Morgan fingerprint density at radius 1 is 1.27 bits per heavy atom. The van der Waals surface area contributed by atoms with Crippen LogP contribution in [-0.4, -0.2) is 25.9 Å². The van der Waals surface area contributed by atoms with E-state index in [2.05, 4.69) is 6.07 Å². The third-order valence-corrected chi connectivity index (χ3v) is 3.44. The number of nitriles is 1. The molecule has 3 atom stereocenters. The van der Waals surface area contributed by atoms with Crippen LogP contribution < -0.4 is 0 Å². The van der Waals surface area contributed by atoms with Gasteiger partial charge in [0.2, 0.25) is 0 Å². The first-order chi connectivity index (χ1) is 7.40. The minimum atomic E-state index is 0.126. The summed E-state index contributed by atoms with van der Waals surface area (Å²) in [5.41, 5.74) is 0. The molecule has 3 unspecified atom stereocenters. The van der Waals surface area contributed by atoms with Gasteiger partial charge in [-0.2, -0.15) is 5.26 Å². The maximum Gasteiger partial charge on any atom is 0.0733 e. The second kappa shape index (κ2) is 5.48. The van der Waals surface area contributed by atoms with Crippen molar-refractivity contribution in [1.29, 1.82) is 5.26 Å². The molecule has 0 amide bonds. The molecular formula is C12H19NO2. The molecule has 1 heterocycles. The molecule has 1 aliphatic carbocycles. The van der Waals surface area contributed by atoms with E-state index < -0.39 is 0 Å². The molecule has 2 aliphatic rings. The summed E-state index contributed by atoms with van der Waals surface area (Å²) in [6.07, 6.45) is 5.77. The van der Waals surface area contributed by atoms with Gasteiger partial charge in [-0.1, -0.05) is 12.8 Å². The largest absolute Gasteiger partial charge is 0.381 e. The molecule has 1 saturated carbocycles. The molecule has 3 nitrogen and oxygen atoms in total. The summed E-state index contributed by atoms with van der Waals surface area (Å²) in [7, 11) is 0. The Balaban J connectivity index is 1.74. The zero-order valence-corrected chi connectivity index (χ0v) is 9.15. The van der Waals surface area contributed by atoms with Gasteiger partial charge < -0.3 is 9.47 Å². The average Bonchev–Trinajstić information content (AvgIpc) is 2.79. The standard InChI is InChI=1S/C12H19NO2/c13-7-11-3-1-2-4-12(11)15-9-10-5-6-14-8-10/h10-12H,1-6,8-9H2. The van der Waals surface area contributed by atoms with Gasteiger partial charge >= 0.3 is 0 Å². The second-order valence-electron chi connectivity index (χ2n) is 4.62. The molecule has 0 aromatic carbocycles. The summed E-state index contributed by atoms with van der Waals surface area (Å²) in [4.78, 5) is 0. The summed E-state index contributed by atoms with van der Waals surface area (Å²) in [6, 6.07) is 2.37. The van der Waals surface area contributed by atoms with Gasteiger partial charge in [-0.25, -0.2) is 0 Å². The molecule has 0 bridgehead atoms. The van der Waals surface area contributed by atoms with Crippen LogP contribution in [0.5, 0.6) is 0 Å². The highest BCUT2D eigenvalue weighted by molar-refractivity contribution is 4.91. The Hall–Kier alpha value is -0.590. The van der Waals surface area contributed by atoms with Gasteiger partial charge in [0.1, 0.15) is 0 Å². The maximum atomic E-state index is 9.00. The lowest BCUT2D eigenvalue weighted by Gasteiger charge is -2.27.